The van der Waals surface area contributed by atoms with E-state index in [1.165, 1.54) is 38.5 Å². The highest BCUT2D eigenvalue weighted by atomic mass is 16.5. The number of rotatable bonds is 8. The molecule has 1 aliphatic heterocycles. The largest absolute Gasteiger partial charge is 0.355 e. The Morgan fingerprint density at radius 2 is 1.67 bits per heavy atom. The second-order valence-electron chi connectivity index (χ2n) is 6.31. The van der Waals surface area contributed by atoms with Crippen molar-refractivity contribution in [2.75, 3.05) is 0 Å². The van der Waals surface area contributed by atoms with Gasteiger partial charge in [0.1, 0.15) is 6.23 Å². The van der Waals surface area contributed by atoms with Crippen LogP contribution in [0.15, 0.2) is 0 Å². The second-order valence-corrected chi connectivity index (χ2v) is 6.31. The summed E-state index contributed by atoms with van der Waals surface area (Å²) in [6, 6.07) is 0.550. The van der Waals surface area contributed by atoms with Gasteiger partial charge in [0.25, 0.3) is 0 Å². The normalized spacial score (nSPS) is 27.0. The molecule has 18 heavy (non-hydrogen) atoms. The minimum Gasteiger partial charge on any atom is -0.355 e. The van der Waals surface area contributed by atoms with E-state index >= 15 is 0 Å². The SMILES string of the molecule is CCCC1N[C@@H](CC(C)C)C(CCC)(CCC)O1. The summed E-state index contributed by atoms with van der Waals surface area (Å²) >= 11 is 0. The zero-order valence-corrected chi connectivity index (χ0v) is 13.1. The molecule has 1 aliphatic rings. The van der Waals surface area contributed by atoms with Gasteiger partial charge >= 0.3 is 0 Å². The van der Waals surface area contributed by atoms with Gasteiger partial charge in [-0.3, -0.25) is 5.32 Å². The van der Waals surface area contributed by atoms with Crippen molar-refractivity contribution in [2.45, 2.75) is 97.4 Å². The van der Waals surface area contributed by atoms with E-state index in [1.807, 2.05) is 0 Å². The van der Waals surface area contributed by atoms with Crippen LogP contribution in [-0.2, 0) is 4.74 Å². The molecule has 2 atom stereocenters. The standard InChI is InChI=1S/C16H33NO/c1-6-9-15-17-14(12-13(4)5)16(18-15,10-7-2)11-8-3/h13-15,17H,6-12H2,1-5H3/t14-,15?/m0/s1. The van der Waals surface area contributed by atoms with Gasteiger partial charge in [0.15, 0.2) is 0 Å². The van der Waals surface area contributed by atoms with E-state index in [9.17, 15) is 0 Å². The van der Waals surface area contributed by atoms with Crippen LogP contribution in [0.4, 0.5) is 0 Å². The molecule has 0 radical (unpaired) electrons. The molecule has 0 spiro atoms. The van der Waals surface area contributed by atoms with Crippen molar-refractivity contribution < 1.29 is 4.74 Å². The maximum absolute atomic E-state index is 6.47. The quantitative estimate of drug-likeness (QED) is 0.690. The summed E-state index contributed by atoms with van der Waals surface area (Å²) < 4.78 is 6.47. The second kappa shape index (κ2) is 7.49. The highest BCUT2D eigenvalue weighted by Gasteiger charge is 2.46. The van der Waals surface area contributed by atoms with Gasteiger partial charge in [-0.15, -0.1) is 0 Å². The third-order valence-corrected chi connectivity index (χ3v) is 4.00. The highest BCUT2D eigenvalue weighted by Crippen LogP contribution is 2.37. The van der Waals surface area contributed by atoms with Gasteiger partial charge in [0, 0.05) is 6.04 Å². The molecule has 0 aromatic carbocycles. The summed E-state index contributed by atoms with van der Waals surface area (Å²) in [5.41, 5.74) is 0.105. The minimum absolute atomic E-state index is 0.105. The molecule has 0 aliphatic carbocycles. The van der Waals surface area contributed by atoms with Gasteiger partial charge < -0.3 is 4.74 Å². The monoisotopic (exact) mass is 255 g/mol. The Hall–Kier alpha value is -0.0800. The first kappa shape index (κ1) is 16.0. The van der Waals surface area contributed by atoms with Crippen molar-refractivity contribution in [2.24, 2.45) is 5.92 Å². The Kier molecular flexibility index (Phi) is 6.65. The summed E-state index contributed by atoms with van der Waals surface area (Å²) in [6.07, 6.45) is 8.70. The summed E-state index contributed by atoms with van der Waals surface area (Å²) in [4.78, 5) is 0. The number of nitrogens with one attached hydrogen (secondary N) is 1. The fourth-order valence-electron chi connectivity index (χ4n) is 3.37. The molecule has 0 aromatic rings. The third-order valence-electron chi connectivity index (χ3n) is 4.00. The van der Waals surface area contributed by atoms with Gasteiger partial charge in [0.05, 0.1) is 5.60 Å². The van der Waals surface area contributed by atoms with Crippen molar-refractivity contribution in [1.29, 1.82) is 0 Å². The van der Waals surface area contributed by atoms with Crippen molar-refractivity contribution in [3.63, 3.8) is 0 Å². The van der Waals surface area contributed by atoms with Crippen LogP contribution in [-0.4, -0.2) is 17.9 Å². The van der Waals surface area contributed by atoms with Gasteiger partial charge in [-0.2, -0.15) is 0 Å². The van der Waals surface area contributed by atoms with E-state index in [-0.39, 0.29) is 11.8 Å². The van der Waals surface area contributed by atoms with Crippen LogP contribution >= 0.6 is 0 Å². The first-order valence-electron chi connectivity index (χ1n) is 8.01. The van der Waals surface area contributed by atoms with Crippen LogP contribution in [0.2, 0.25) is 0 Å². The van der Waals surface area contributed by atoms with E-state index in [4.69, 9.17) is 4.74 Å². The van der Waals surface area contributed by atoms with E-state index in [0.29, 0.717) is 6.04 Å². The van der Waals surface area contributed by atoms with Gasteiger partial charge in [-0.05, 0) is 31.6 Å². The molecule has 2 heteroatoms. The lowest BCUT2D eigenvalue weighted by molar-refractivity contribution is -0.0643. The fourth-order valence-corrected chi connectivity index (χ4v) is 3.37. The molecule has 0 amide bonds. The first-order valence-corrected chi connectivity index (χ1v) is 8.01. The van der Waals surface area contributed by atoms with Crippen LogP contribution in [0.3, 0.4) is 0 Å². The zero-order chi connectivity index (χ0) is 13.6. The fraction of sp³-hybridized carbons (Fsp3) is 1.00. The molecule has 0 saturated carbocycles. The van der Waals surface area contributed by atoms with Crippen LogP contribution in [0, 0.1) is 5.92 Å². The van der Waals surface area contributed by atoms with Gasteiger partial charge in [0.2, 0.25) is 0 Å². The predicted octanol–water partition coefficient (Wildman–Crippen LogP) is 4.49. The Morgan fingerprint density at radius 3 is 2.11 bits per heavy atom. The molecule has 108 valence electrons. The third kappa shape index (κ3) is 3.96. The minimum atomic E-state index is 0.105. The highest BCUT2D eigenvalue weighted by molar-refractivity contribution is 4.99. The van der Waals surface area contributed by atoms with Gasteiger partial charge in [-0.25, -0.2) is 0 Å². The molecule has 1 heterocycles. The molecule has 0 aromatic heterocycles. The summed E-state index contributed by atoms with van der Waals surface area (Å²) in [6.45, 7) is 11.4. The first-order chi connectivity index (χ1) is 8.57. The van der Waals surface area contributed by atoms with Crippen LogP contribution in [0.25, 0.3) is 0 Å². The van der Waals surface area contributed by atoms with E-state index in [0.717, 1.165) is 12.3 Å². The van der Waals surface area contributed by atoms with Crippen molar-refractivity contribution in [3.8, 4) is 0 Å². The lowest BCUT2D eigenvalue weighted by atomic mass is 9.82. The van der Waals surface area contributed by atoms with E-state index in [2.05, 4.69) is 39.9 Å². The predicted molar refractivity (Wildman–Crippen MR) is 78.7 cm³/mol. The maximum atomic E-state index is 6.47. The molecule has 1 saturated heterocycles. The van der Waals surface area contributed by atoms with E-state index in [1.54, 1.807) is 0 Å². The molecule has 1 N–H and O–H groups in total. The maximum Gasteiger partial charge on any atom is 0.109 e. The molecule has 0 bridgehead atoms. The number of hydrogen-bond donors (Lipinski definition) is 1. The number of hydrogen-bond acceptors (Lipinski definition) is 2. The molecular formula is C16H33NO. The van der Waals surface area contributed by atoms with Crippen LogP contribution in [0.5, 0.6) is 0 Å². The van der Waals surface area contributed by atoms with Crippen molar-refractivity contribution in [1.82, 2.24) is 5.32 Å². The summed E-state index contributed by atoms with van der Waals surface area (Å²) in [7, 11) is 0. The molecular weight excluding hydrogens is 222 g/mol. The number of ether oxygens (including phenoxy) is 1. The van der Waals surface area contributed by atoms with Crippen LogP contribution < -0.4 is 5.32 Å². The lowest BCUT2D eigenvalue weighted by Crippen LogP contribution is -2.44. The lowest BCUT2D eigenvalue weighted by Gasteiger charge is -2.34. The Balaban J connectivity index is 2.78. The summed E-state index contributed by atoms with van der Waals surface area (Å²) in [5, 5.41) is 3.76. The topological polar surface area (TPSA) is 21.3 Å². The molecule has 2 nitrogen and oxygen atoms in total. The smallest absolute Gasteiger partial charge is 0.109 e. The molecule has 1 unspecified atom stereocenters. The van der Waals surface area contributed by atoms with Gasteiger partial charge in [-0.1, -0.05) is 53.9 Å². The van der Waals surface area contributed by atoms with Crippen molar-refractivity contribution in [3.05, 3.63) is 0 Å². The van der Waals surface area contributed by atoms with E-state index < -0.39 is 0 Å². The Morgan fingerprint density at radius 1 is 1.06 bits per heavy atom. The summed E-state index contributed by atoms with van der Waals surface area (Å²) in [5.74, 6) is 0.736. The van der Waals surface area contributed by atoms with Crippen LogP contribution in [0.1, 0.15) is 79.6 Å². The van der Waals surface area contributed by atoms with Crippen molar-refractivity contribution >= 4 is 0 Å². The Labute approximate surface area is 114 Å². The molecule has 1 fully saturated rings. The average Bonchev–Trinajstić information content (AvgIpc) is 2.57. The molecule has 1 rings (SSSR count). The zero-order valence-electron chi connectivity index (χ0n) is 13.1. The average molecular weight is 255 g/mol. The Bertz CT molecular complexity index is 221.